The van der Waals surface area contributed by atoms with Gasteiger partial charge in [0.15, 0.2) is 0 Å². The van der Waals surface area contributed by atoms with Gasteiger partial charge in [0, 0.05) is 145 Å². The highest BCUT2D eigenvalue weighted by Gasteiger charge is 2.34. The van der Waals surface area contributed by atoms with Gasteiger partial charge >= 0.3 is 0 Å². The van der Waals surface area contributed by atoms with Crippen LogP contribution in [0.5, 0.6) is 11.5 Å². The summed E-state index contributed by atoms with van der Waals surface area (Å²) in [7, 11) is -7.44. The van der Waals surface area contributed by atoms with Gasteiger partial charge in [-0.1, -0.05) is 121 Å². The summed E-state index contributed by atoms with van der Waals surface area (Å²) < 4.78 is 91.1. The molecule has 0 N–H and O–H groups in total. The van der Waals surface area contributed by atoms with Gasteiger partial charge in [0.05, 0.1) is 59.2 Å². The number of benzene rings is 12. The predicted octanol–water partition coefficient (Wildman–Crippen LogP) is 19.3. The maximum absolute atomic E-state index is 13.7. The van der Waals surface area contributed by atoms with Gasteiger partial charge in [-0.05, 0) is 268 Å². The first-order chi connectivity index (χ1) is 57.3. The third kappa shape index (κ3) is 20.3. The maximum atomic E-state index is 13.7. The lowest BCUT2D eigenvalue weighted by Gasteiger charge is -2.07. The lowest BCUT2D eigenvalue weighted by molar-refractivity contribution is 0.0356. The van der Waals surface area contributed by atoms with Gasteiger partial charge in [0.25, 0.3) is 0 Å². The Morgan fingerprint density at radius 3 is 0.675 bits per heavy atom. The fourth-order valence-corrected chi connectivity index (χ4v) is 17.3. The number of fused-ring (bicyclic) bond motifs is 9. The van der Waals surface area contributed by atoms with Crippen molar-refractivity contribution in [3.8, 4) is 128 Å². The molecule has 12 aromatic carbocycles. The zero-order valence-electron chi connectivity index (χ0n) is 64.5. The van der Waals surface area contributed by atoms with Gasteiger partial charge in [-0.15, -0.1) is 11.3 Å². The fourth-order valence-electron chi connectivity index (χ4n) is 12.9. The molecule has 2 aliphatic rings. The number of hydrogen-bond acceptors (Lipinski definition) is 11. The van der Waals surface area contributed by atoms with Gasteiger partial charge < -0.3 is 28.4 Å². The van der Waals surface area contributed by atoms with E-state index < -0.39 is 19.7 Å². The Labute approximate surface area is 689 Å². The number of sulfone groups is 2. The van der Waals surface area contributed by atoms with E-state index >= 15 is 0 Å². The summed E-state index contributed by atoms with van der Waals surface area (Å²) in [6, 6.07) is 79.8. The molecule has 0 amide bonds. The third-order valence-corrected chi connectivity index (χ3v) is 24.1. The number of hydrogen-bond donors (Lipinski definition) is 0. The highest BCUT2D eigenvalue weighted by molar-refractivity contribution is 7.92. The first-order valence-electron chi connectivity index (χ1n) is 38.7. The van der Waals surface area contributed by atoms with E-state index in [1.165, 1.54) is 0 Å². The molecule has 13 aromatic rings. The largest absolute Gasteiger partial charge is 0.491 e. The molecule has 117 heavy (non-hydrogen) atoms. The fraction of sp³-hybridized carbons (Fsp3) is 0.154. The second kappa shape index (κ2) is 37.8. The Bertz CT molecular complexity index is 6300. The molecule has 15 rings (SSSR count). The molecule has 3 heterocycles. The van der Waals surface area contributed by atoms with Gasteiger partial charge in [-0.2, -0.15) is 0 Å². The Balaban J connectivity index is 0.536. The quantitative estimate of drug-likeness (QED) is 0.0538. The van der Waals surface area contributed by atoms with Crippen molar-refractivity contribution in [2.45, 2.75) is 59.1 Å². The third-order valence-electron chi connectivity index (χ3n) is 19.2. The monoisotopic (exact) mass is 1580 g/mol. The van der Waals surface area contributed by atoms with E-state index in [1.54, 1.807) is 59.9 Å². The van der Waals surface area contributed by atoms with Crippen LogP contribution in [0.3, 0.4) is 0 Å². The van der Waals surface area contributed by atoms with E-state index in [-0.39, 0.29) is 19.6 Å². The lowest BCUT2D eigenvalue weighted by Crippen LogP contribution is -2.11. The average molecular weight is 1580 g/mol. The first-order valence-corrected chi connectivity index (χ1v) is 42.5. The molecular formula is C104H76O10S3. The molecule has 0 atom stereocenters. The summed E-state index contributed by atoms with van der Waals surface area (Å²) in [6.07, 6.45) is 4.35. The van der Waals surface area contributed by atoms with E-state index in [0.29, 0.717) is 97.4 Å². The van der Waals surface area contributed by atoms with Crippen LogP contribution in [-0.2, 0) is 38.6 Å². The highest BCUT2D eigenvalue weighted by Crippen LogP contribution is 2.46. The standard InChI is InChI=1S/C104H76O10S3/c1-3-5-59-109-61-63-111-65-67-113-91-49-39-83(40-50-91)25-23-75-7-11-79(12-8-75)29-35-87-45-55-101-95(71-87)97-73-89(47-57-103(97)116(101,105)106)37-31-81-19-15-77(16-20-81)27-33-85-43-53-99-93(69-85)94-70-86(44-54-100(94)115-99)34-28-78-17-21-82(22-18-78)32-38-90-48-58-104-98(74-90)96-72-88(46-56-102(96)117(104,107)108)36-30-80-13-9-76(10-14-80)24-26-84-41-51-92(52-42-84)114-68-66-112-64-62-110-60-6-4-2/h7-22,39-58,69-74H,3-6,59-68H2,1-2H3. The van der Waals surface area contributed by atoms with Crippen LogP contribution >= 0.6 is 11.3 Å². The zero-order chi connectivity index (χ0) is 80.2. The molecule has 2 aliphatic heterocycles. The van der Waals surface area contributed by atoms with Gasteiger partial charge in [0.1, 0.15) is 24.7 Å². The number of unbranched alkanes of at least 4 members (excludes halogenated alkanes) is 2. The van der Waals surface area contributed by atoms with Crippen molar-refractivity contribution in [3.63, 3.8) is 0 Å². The van der Waals surface area contributed by atoms with Crippen LogP contribution in [-0.4, -0.2) is 82.9 Å². The molecule has 0 spiro atoms. The Hall–Kier alpha value is -13.3. The smallest absolute Gasteiger partial charge is 0.207 e. The maximum Gasteiger partial charge on any atom is 0.207 e. The Morgan fingerprint density at radius 2 is 0.427 bits per heavy atom. The molecular weight excluding hydrogens is 1510 g/mol. The molecule has 10 nitrogen and oxygen atoms in total. The minimum Gasteiger partial charge on any atom is -0.491 e. The molecule has 0 saturated heterocycles. The van der Waals surface area contributed by atoms with Crippen LogP contribution in [0.15, 0.2) is 274 Å². The molecule has 0 unspecified atom stereocenters. The summed E-state index contributed by atoms with van der Waals surface area (Å²) in [5.41, 5.74) is 15.2. The molecule has 0 fully saturated rings. The van der Waals surface area contributed by atoms with Crippen molar-refractivity contribution in [2.24, 2.45) is 0 Å². The zero-order valence-corrected chi connectivity index (χ0v) is 66.9. The highest BCUT2D eigenvalue weighted by atomic mass is 32.2. The minimum absolute atomic E-state index is 0.250. The number of thiophene rings is 1. The molecule has 570 valence electrons. The summed E-state index contributed by atoms with van der Waals surface area (Å²) in [5, 5.41) is 2.22. The molecule has 0 aliphatic carbocycles. The van der Waals surface area contributed by atoms with Crippen LogP contribution < -0.4 is 9.47 Å². The van der Waals surface area contributed by atoms with Gasteiger partial charge in [-0.25, -0.2) is 16.8 Å². The van der Waals surface area contributed by atoms with Crippen LogP contribution in [0.1, 0.15) is 129 Å². The normalized spacial score (nSPS) is 11.8. The summed E-state index contributed by atoms with van der Waals surface area (Å²) in [5.74, 6) is 53.7. The van der Waals surface area contributed by atoms with Gasteiger partial charge in [0.2, 0.25) is 19.7 Å². The van der Waals surface area contributed by atoms with Crippen molar-refractivity contribution in [2.75, 3.05) is 66.1 Å². The molecule has 0 radical (unpaired) electrons. The summed E-state index contributed by atoms with van der Waals surface area (Å²) in [4.78, 5) is 1.00. The Kier molecular flexibility index (Phi) is 25.5. The van der Waals surface area contributed by atoms with Crippen molar-refractivity contribution in [1.82, 2.24) is 0 Å². The topological polar surface area (TPSA) is 124 Å². The molecule has 0 saturated carbocycles. The van der Waals surface area contributed by atoms with E-state index in [9.17, 15) is 16.8 Å². The second-order valence-corrected chi connectivity index (χ2v) is 32.4. The SMILES string of the molecule is CCCCOCCOCCOc1ccc(C#Cc2ccc(C#Cc3ccc4c(c3)-c3cc(C#Cc5ccc(C#Cc6ccc7sc8ccc(C#Cc9ccc(C#Cc%10ccc%11c(c%10)-c%10cc(C#Cc%12ccc(C#Cc%13ccc(OCCOCCOCCCC)cc%13)cc%12)ccc%10S%11(=O)=O)cc9)cc8c7c6)cc5)ccc3S4(=O)=O)cc2)cc1. The van der Waals surface area contributed by atoms with Crippen molar-refractivity contribution in [1.29, 1.82) is 0 Å². The van der Waals surface area contributed by atoms with E-state index in [2.05, 4.69) is 133 Å². The molecule has 13 heteroatoms. The van der Waals surface area contributed by atoms with Crippen molar-refractivity contribution >= 4 is 51.2 Å². The minimum atomic E-state index is -3.72. The molecule has 1 aromatic heterocycles. The number of ether oxygens (including phenoxy) is 6. The first kappa shape index (κ1) is 78.9. The van der Waals surface area contributed by atoms with Crippen LogP contribution in [0.2, 0.25) is 0 Å². The average Bonchev–Trinajstić information content (AvgIpc) is 1.58. The lowest BCUT2D eigenvalue weighted by atomic mass is 10.0. The van der Waals surface area contributed by atoms with E-state index in [0.717, 1.165) is 137 Å². The Morgan fingerprint density at radius 1 is 0.231 bits per heavy atom. The predicted molar refractivity (Wildman–Crippen MR) is 465 cm³/mol. The second-order valence-electron chi connectivity index (χ2n) is 27.6. The van der Waals surface area contributed by atoms with Crippen LogP contribution in [0, 0.1) is 94.7 Å². The summed E-state index contributed by atoms with van der Waals surface area (Å²) in [6.45, 7) is 9.99. The summed E-state index contributed by atoms with van der Waals surface area (Å²) >= 11 is 1.73. The van der Waals surface area contributed by atoms with Crippen LogP contribution in [0.4, 0.5) is 0 Å². The van der Waals surface area contributed by atoms with E-state index in [1.807, 2.05) is 182 Å². The van der Waals surface area contributed by atoms with Crippen molar-refractivity contribution < 1.29 is 45.3 Å². The molecule has 0 bridgehead atoms. The number of rotatable bonds is 20. The van der Waals surface area contributed by atoms with E-state index in [4.69, 9.17) is 28.4 Å². The van der Waals surface area contributed by atoms with Crippen molar-refractivity contribution in [3.05, 3.63) is 344 Å². The van der Waals surface area contributed by atoms with Crippen LogP contribution in [0.25, 0.3) is 42.4 Å². The van der Waals surface area contributed by atoms with Gasteiger partial charge in [-0.3, -0.25) is 0 Å².